The molecule has 0 spiro atoms. The molecule has 2 amide bonds. The van der Waals surface area contributed by atoms with Gasteiger partial charge in [-0.1, -0.05) is 25.5 Å². The third kappa shape index (κ3) is 8.39. The van der Waals surface area contributed by atoms with E-state index in [1.807, 2.05) is 38.1 Å². The van der Waals surface area contributed by atoms with Crippen LogP contribution in [0.4, 0.5) is 11.4 Å². The minimum Gasteiger partial charge on any atom is -0.462 e. The van der Waals surface area contributed by atoms with Crippen molar-refractivity contribution in [1.82, 2.24) is 0 Å². The molecule has 0 aliphatic carbocycles. The van der Waals surface area contributed by atoms with Crippen LogP contribution in [-0.2, 0) is 14.3 Å². The molecule has 0 aromatic heterocycles. The lowest BCUT2D eigenvalue weighted by Crippen LogP contribution is -2.18. The summed E-state index contributed by atoms with van der Waals surface area (Å²) in [6.07, 6.45) is 1.80. The standard InChI is InChI=1S/C22H26N2O4S/c1-3-4-12-28-22(27)17-8-10-18(11-9-17)23-20(25)14-29-15-21(26)24-19-7-5-6-16(2)13-19/h5-11,13H,3-4,12,14-15H2,1-2H3,(H,23,25)(H,24,26). The number of benzene rings is 2. The van der Waals surface area contributed by atoms with Crippen LogP contribution in [0.25, 0.3) is 0 Å². The minimum atomic E-state index is -0.369. The first-order valence-corrected chi connectivity index (χ1v) is 10.6. The summed E-state index contributed by atoms with van der Waals surface area (Å²) in [6, 6.07) is 14.1. The van der Waals surface area contributed by atoms with E-state index in [1.165, 1.54) is 11.8 Å². The number of nitrogens with one attached hydrogen (secondary N) is 2. The molecular formula is C22H26N2O4S. The fourth-order valence-electron chi connectivity index (χ4n) is 2.44. The molecule has 0 aliphatic rings. The second-order valence-corrected chi connectivity index (χ2v) is 7.51. The highest BCUT2D eigenvalue weighted by atomic mass is 32.2. The molecule has 0 saturated heterocycles. The fraction of sp³-hybridized carbons (Fsp3) is 0.318. The Kier molecular flexibility index (Phi) is 9.24. The predicted octanol–water partition coefficient (Wildman–Crippen LogP) is 4.26. The maximum absolute atomic E-state index is 12.0. The number of hydrogen-bond acceptors (Lipinski definition) is 5. The zero-order chi connectivity index (χ0) is 21.1. The smallest absolute Gasteiger partial charge is 0.338 e. The summed E-state index contributed by atoms with van der Waals surface area (Å²) < 4.78 is 5.15. The summed E-state index contributed by atoms with van der Waals surface area (Å²) in [6.45, 7) is 4.39. The van der Waals surface area contributed by atoms with Crippen LogP contribution in [-0.4, -0.2) is 35.9 Å². The van der Waals surface area contributed by atoms with Gasteiger partial charge >= 0.3 is 5.97 Å². The second-order valence-electron chi connectivity index (χ2n) is 6.53. The topological polar surface area (TPSA) is 84.5 Å². The lowest BCUT2D eigenvalue weighted by molar-refractivity contribution is -0.114. The summed E-state index contributed by atoms with van der Waals surface area (Å²) in [5, 5.41) is 5.55. The Morgan fingerprint density at radius 2 is 1.59 bits per heavy atom. The predicted molar refractivity (Wildman–Crippen MR) is 117 cm³/mol. The summed E-state index contributed by atoms with van der Waals surface area (Å²) in [5.74, 6) is -0.395. The van der Waals surface area contributed by atoms with Crippen molar-refractivity contribution in [3.63, 3.8) is 0 Å². The van der Waals surface area contributed by atoms with Gasteiger partial charge in [-0.25, -0.2) is 4.79 Å². The monoisotopic (exact) mass is 414 g/mol. The van der Waals surface area contributed by atoms with Crippen LogP contribution in [0.2, 0.25) is 0 Å². The van der Waals surface area contributed by atoms with E-state index < -0.39 is 0 Å². The Hall–Kier alpha value is -2.80. The molecule has 29 heavy (non-hydrogen) atoms. The highest BCUT2D eigenvalue weighted by molar-refractivity contribution is 8.00. The number of anilines is 2. The molecule has 0 heterocycles. The van der Waals surface area contributed by atoms with Crippen LogP contribution in [0, 0.1) is 6.92 Å². The molecule has 0 aliphatic heterocycles. The number of amides is 2. The van der Waals surface area contributed by atoms with Gasteiger partial charge in [0.2, 0.25) is 11.8 Å². The van der Waals surface area contributed by atoms with Crippen LogP contribution < -0.4 is 10.6 Å². The van der Waals surface area contributed by atoms with Crippen LogP contribution in [0.1, 0.15) is 35.7 Å². The molecule has 154 valence electrons. The van der Waals surface area contributed by atoms with E-state index in [-0.39, 0.29) is 29.3 Å². The highest BCUT2D eigenvalue weighted by Crippen LogP contribution is 2.13. The molecule has 0 fully saturated rings. The number of carbonyl (C=O) groups excluding carboxylic acids is 3. The van der Waals surface area contributed by atoms with Gasteiger partial charge in [-0.2, -0.15) is 0 Å². The molecule has 0 saturated carbocycles. The van der Waals surface area contributed by atoms with E-state index in [0.29, 0.717) is 17.9 Å². The number of hydrogen-bond donors (Lipinski definition) is 2. The number of carbonyl (C=O) groups is 3. The third-order valence-corrected chi connectivity index (χ3v) is 4.84. The Labute approximate surface area is 175 Å². The van der Waals surface area contributed by atoms with E-state index >= 15 is 0 Å². The lowest BCUT2D eigenvalue weighted by Gasteiger charge is -2.08. The molecule has 7 heteroatoms. The second kappa shape index (κ2) is 11.9. The molecule has 0 radical (unpaired) electrons. The number of thioether (sulfide) groups is 1. The number of rotatable bonds is 10. The van der Waals surface area contributed by atoms with E-state index in [4.69, 9.17) is 4.74 Å². The van der Waals surface area contributed by atoms with Crippen molar-refractivity contribution >= 4 is 40.9 Å². The Bertz CT molecular complexity index is 837. The van der Waals surface area contributed by atoms with E-state index in [2.05, 4.69) is 10.6 Å². The Morgan fingerprint density at radius 3 is 2.21 bits per heavy atom. The largest absolute Gasteiger partial charge is 0.462 e. The van der Waals surface area contributed by atoms with Crippen molar-refractivity contribution in [2.75, 3.05) is 28.7 Å². The average Bonchev–Trinajstić information content (AvgIpc) is 2.68. The molecule has 2 N–H and O–H groups in total. The van der Waals surface area contributed by atoms with Crippen molar-refractivity contribution in [1.29, 1.82) is 0 Å². The van der Waals surface area contributed by atoms with Gasteiger partial charge in [0.25, 0.3) is 0 Å². The molecule has 6 nitrogen and oxygen atoms in total. The van der Waals surface area contributed by atoms with Crippen LogP contribution in [0.5, 0.6) is 0 Å². The average molecular weight is 415 g/mol. The van der Waals surface area contributed by atoms with Gasteiger partial charge in [-0.15, -0.1) is 11.8 Å². The van der Waals surface area contributed by atoms with Crippen molar-refractivity contribution in [3.8, 4) is 0 Å². The van der Waals surface area contributed by atoms with Crippen molar-refractivity contribution in [2.24, 2.45) is 0 Å². The van der Waals surface area contributed by atoms with Gasteiger partial charge in [0, 0.05) is 11.4 Å². The first-order valence-electron chi connectivity index (χ1n) is 9.49. The number of esters is 1. The Balaban J connectivity index is 1.70. The minimum absolute atomic E-state index is 0.153. The highest BCUT2D eigenvalue weighted by Gasteiger charge is 2.09. The summed E-state index contributed by atoms with van der Waals surface area (Å²) in [7, 11) is 0. The van der Waals surface area contributed by atoms with E-state index in [1.54, 1.807) is 24.3 Å². The summed E-state index contributed by atoms with van der Waals surface area (Å²) in [5.41, 5.74) is 2.84. The molecular weight excluding hydrogens is 388 g/mol. The van der Waals surface area contributed by atoms with Gasteiger partial charge in [0.05, 0.1) is 23.7 Å². The molecule has 0 atom stereocenters. The first kappa shape index (κ1) is 22.5. The SMILES string of the molecule is CCCCOC(=O)c1ccc(NC(=O)CSCC(=O)Nc2cccc(C)c2)cc1. The first-order chi connectivity index (χ1) is 14.0. The molecule has 2 aromatic rings. The zero-order valence-electron chi connectivity index (χ0n) is 16.7. The Morgan fingerprint density at radius 1 is 0.931 bits per heavy atom. The van der Waals surface area contributed by atoms with E-state index in [9.17, 15) is 14.4 Å². The molecule has 2 aromatic carbocycles. The molecule has 0 bridgehead atoms. The quantitative estimate of drug-likeness (QED) is 0.448. The van der Waals surface area contributed by atoms with Crippen molar-refractivity contribution in [3.05, 3.63) is 59.7 Å². The van der Waals surface area contributed by atoms with Crippen LogP contribution in [0.15, 0.2) is 48.5 Å². The number of ether oxygens (including phenoxy) is 1. The maximum atomic E-state index is 12.0. The van der Waals surface area contributed by atoms with Crippen LogP contribution >= 0.6 is 11.8 Å². The van der Waals surface area contributed by atoms with Crippen LogP contribution in [0.3, 0.4) is 0 Å². The maximum Gasteiger partial charge on any atom is 0.338 e. The van der Waals surface area contributed by atoms with Gasteiger partial charge in [0.15, 0.2) is 0 Å². The third-order valence-electron chi connectivity index (χ3n) is 3.90. The normalized spacial score (nSPS) is 10.3. The van der Waals surface area contributed by atoms with Gasteiger partial charge < -0.3 is 15.4 Å². The number of unbranched alkanes of at least 4 members (excludes halogenated alkanes) is 1. The van der Waals surface area contributed by atoms with Crippen molar-refractivity contribution in [2.45, 2.75) is 26.7 Å². The molecule has 2 rings (SSSR count). The fourth-order valence-corrected chi connectivity index (χ4v) is 3.05. The summed E-state index contributed by atoms with van der Waals surface area (Å²) >= 11 is 1.23. The van der Waals surface area contributed by atoms with E-state index in [0.717, 1.165) is 24.1 Å². The summed E-state index contributed by atoms with van der Waals surface area (Å²) in [4.78, 5) is 35.8. The van der Waals surface area contributed by atoms with Gasteiger partial charge in [-0.05, 0) is 55.3 Å². The molecule has 0 unspecified atom stereocenters. The number of aryl methyl sites for hydroxylation is 1. The van der Waals surface area contributed by atoms with Crippen molar-refractivity contribution < 1.29 is 19.1 Å². The lowest BCUT2D eigenvalue weighted by atomic mass is 10.2. The van der Waals surface area contributed by atoms with Gasteiger partial charge in [0.1, 0.15) is 0 Å². The zero-order valence-corrected chi connectivity index (χ0v) is 17.5. The van der Waals surface area contributed by atoms with Gasteiger partial charge in [-0.3, -0.25) is 9.59 Å².